The van der Waals surface area contributed by atoms with Crippen molar-refractivity contribution in [1.29, 1.82) is 0 Å². The molecular formula is C9H9BrClNO. The number of benzene rings is 1. The molecule has 0 atom stereocenters. The molecule has 70 valence electrons. The van der Waals surface area contributed by atoms with Crippen molar-refractivity contribution >= 4 is 39.8 Å². The fourth-order valence-corrected chi connectivity index (χ4v) is 1.88. The number of halogens is 2. The Kier molecular flexibility index (Phi) is 3.33. The lowest BCUT2D eigenvalue weighted by Gasteiger charge is -2.17. The van der Waals surface area contributed by atoms with Crippen molar-refractivity contribution in [2.75, 3.05) is 11.9 Å². The standard InChI is InChI=1S/C9H8BrNO.ClH/c10-7-3-1-2-6-8(12)4-5-11-9(6)7;/h1-3,11H,4-5H2;1H. The van der Waals surface area contributed by atoms with Crippen molar-refractivity contribution in [2.24, 2.45) is 0 Å². The van der Waals surface area contributed by atoms with Crippen molar-refractivity contribution in [1.82, 2.24) is 0 Å². The smallest absolute Gasteiger partial charge is 0.166 e. The fraction of sp³-hybridized carbons (Fsp3) is 0.222. The summed E-state index contributed by atoms with van der Waals surface area (Å²) in [4.78, 5) is 11.4. The molecule has 2 rings (SSSR count). The first-order valence-electron chi connectivity index (χ1n) is 3.84. The van der Waals surface area contributed by atoms with Crippen LogP contribution in [-0.4, -0.2) is 12.3 Å². The number of rotatable bonds is 0. The van der Waals surface area contributed by atoms with Crippen LogP contribution in [0.3, 0.4) is 0 Å². The quantitative estimate of drug-likeness (QED) is 0.779. The lowest BCUT2D eigenvalue weighted by atomic mass is 10.0. The van der Waals surface area contributed by atoms with Crippen LogP contribution in [0.2, 0.25) is 0 Å². The Labute approximate surface area is 91.3 Å². The van der Waals surface area contributed by atoms with E-state index in [0.717, 1.165) is 22.3 Å². The molecule has 1 N–H and O–H groups in total. The SMILES string of the molecule is Cl.O=C1CCNc2c(Br)cccc21. The van der Waals surface area contributed by atoms with Crippen LogP contribution in [-0.2, 0) is 0 Å². The van der Waals surface area contributed by atoms with Crippen LogP contribution in [0.1, 0.15) is 16.8 Å². The Morgan fingerprint density at radius 1 is 1.38 bits per heavy atom. The van der Waals surface area contributed by atoms with Crippen molar-refractivity contribution in [2.45, 2.75) is 6.42 Å². The van der Waals surface area contributed by atoms with Gasteiger partial charge in [0.15, 0.2) is 5.78 Å². The van der Waals surface area contributed by atoms with Gasteiger partial charge in [0.05, 0.1) is 5.69 Å². The van der Waals surface area contributed by atoms with Crippen molar-refractivity contribution < 1.29 is 4.79 Å². The van der Waals surface area contributed by atoms with Gasteiger partial charge in [0.25, 0.3) is 0 Å². The summed E-state index contributed by atoms with van der Waals surface area (Å²) in [5.74, 6) is 0.227. The summed E-state index contributed by atoms with van der Waals surface area (Å²) in [6.07, 6.45) is 0.601. The minimum atomic E-state index is 0. The van der Waals surface area contributed by atoms with Gasteiger partial charge in [-0.05, 0) is 28.1 Å². The molecule has 0 aliphatic carbocycles. The van der Waals surface area contributed by atoms with Crippen LogP contribution < -0.4 is 5.32 Å². The highest BCUT2D eigenvalue weighted by Crippen LogP contribution is 2.29. The second-order valence-electron chi connectivity index (χ2n) is 2.76. The Morgan fingerprint density at radius 3 is 2.85 bits per heavy atom. The topological polar surface area (TPSA) is 29.1 Å². The maximum absolute atomic E-state index is 11.4. The van der Waals surface area contributed by atoms with Crippen LogP contribution >= 0.6 is 28.3 Å². The number of hydrogen-bond donors (Lipinski definition) is 1. The first-order valence-corrected chi connectivity index (χ1v) is 4.64. The lowest BCUT2D eigenvalue weighted by molar-refractivity contribution is 0.0983. The van der Waals surface area contributed by atoms with Crippen LogP contribution in [0, 0.1) is 0 Å². The third-order valence-electron chi connectivity index (χ3n) is 1.97. The van der Waals surface area contributed by atoms with Crippen LogP contribution in [0.15, 0.2) is 22.7 Å². The summed E-state index contributed by atoms with van der Waals surface area (Å²) in [6, 6.07) is 5.67. The van der Waals surface area contributed by atoms with Gasteiger partial charge in [-0.1, -0.05) is 6.07 Å². The van der Waals surface area contributed by atoms with Gasteiger partial charge in [0.2, 0.25) is 0 Å². The normalized spacial score (nSPS) is 14.1. The summed E-state index contributed by atoms with van der Waals surface area (Å²) in [5.41, 5.74) is 1.74. The molecule has 0 aromatic heterocycles. The number of ketones is 1. The molecule has 0 unspecified atom stereocenters. The Bertz CT molecular complexity index is 340. The number of anilines is 1. The third kappa shape index (κ3) is 1.86. The van der Waals surface area contributed by atoms with Crippen LogP contribution in [0.4, 0.5) is 5.69 Å². The molecular weight excluding hydrogens is 253 g/mol. The zero-order chi connectivity index (χ0) is 8.55. The van der Waals surface area contributed by atoms with E-state index in [-0.39, 0.29) is 18.2 Å². The summed E-state index contributed by atoms with van der Waals surface area (Å²) >= 11 is 3.39. The van der Waals surface area contributed by atoms with Crippen molar-refractivity contribution in [3.8, 4) is 0 Å². The second-order valence-corrected chi connectivity index (χ2v) is 3.62. The minimum Gasteiger partial charge on any atom is -0.383 e. The maximum atomic E-state index is 11.4. The molecule has 0 saturated heterocycles. The zero-order valence-electron chi connectivity index (χ0n) is 6.84. The van der Waals surface area contributed by atoms with Crippen LogP contribution in [0.25, 0.3) is 0 Å². The van der Waals surface area contributed by atoms with Gasteiger partial charge in [0, 0.05) is 23.0 Å². The average molecular weight is 263 g/mol. The number of para-hydroxylation sites is 1. The molecule has 1 heterocycles. The van der Waals surface area contributed by atoms with E-state index in [1.165, 1.54) is 0 Å². The molecule has 0 spiro atoms. The van der Waals surface area contributed by atoms with Gasteiger partial charge >= 0.3 is 0 Å². The molecule has 1 aliphatic rings. The highest BCUT2D eigenvalue weighted by Gasteiger charge is 2.17. The number of Topliss-reactive ketones (excluding diaryl/α,β-unsaturated/α-hetero) is 1. The number of hydrogen-bond acceptors (Lipinski definition) is 2. The van der Waals surface area contributed by atoms with Crippen molar-refractivity contribution in [3.05, 3.63) is 28.2 Å². The van der Waals surface area contributed by atoms with Crippen molar-refractivity contribution in [3.63, 3.8) is 0 Å². The van der Waals surface area contributed by atoms with Crippen LogP contribution in [0.5, 0.6) is 0 Å². The summed E-state index contributed by atoms with van der Waals surface area (Å²) in [7, 11) is 0. The van der Waals surface area contributed by atoms with E-state index in [9.17, 15) is 4.79 Å². The Balaban J connectivity index is 0.000000845. The summed E-state index contributed by atoms with van der Waals surface area (Å²) in [5, 5.41) is 3.19. The monoisotopic (exact) mass is 261 g/mol. The Hall–Kier alpha value is -0.540. The molecule has 0 amide bonds. The van der Waals surface area contributed by atoms with E-state index in [2.05, 4.69) is 21.2 Å². The number of carbonyl (C=O) groups excluding carboxylic acids is 1. The predicted molar refractivity (Wildman–Crippen MR) is 58.8 cm³/mol. The molecule has 4 heteroatoms. The lowest BCUT2D eigenvalue weighted by Crippen LogP contribution is -2.17. The van der Waals surface area contributed by atoms with E-state index in [1.54, 1.807) is 0 Å². The number of fused-ring (bicyclic) bond motifs is 1. The maximum Gasteiger partial charge on any atom is 0.166 e. The van der Waals surface area contributed by atoms with E-state index in [0.29, 0.717) is 6.42 Å². The van der Waals surface area contributed by atoms with Gasteiger partial charge in [0.1, 0.15) is 0 Å². The van der Waals surface area contributed by atoms with E-state index in [4.69, 9.17) is 0 Å². The minimum absolute atomic E-state index is 0. The largest absolute Gasteiger partial charge is 0.383 e. The van der Waals surface area contributed by atoms with Gasteiger partial charge in [-0.15, -0.1) is 12.4 Å². The molecule has 1 aliphatic heterocycles. The van der Waals surface area contributed by atoms with E-state index < -0.39 is 0 Å². The average Bonchev–Trinajstić information content (AvgIpc) is 2.07. The summed E-state index contributed by atoms with van der Waals surface area (Å²) in [6.45, 7) is 0.744. The fourth-order valence-electron chi connectivity index (χ4n) is 1.37. The molecule has 0 fully saturated rings. The number of nitrogens with one attached hydrogen (secondary N) is 1. The van der Waals surface area contributed by atoms with E-state index in [1.807, 2.05) is 18.2 Å². The molecule has 0 radical (unpaired) electrons. The number of carbonyl (C=O) groups is 1. The second kappa shape index (κ2) is 4.11. The first-order chi connectivity index (χ1) is 5.79. The highest BCUT2D eigenvalue weighted by molar-refractivity contribution is 9.10. The highest BCUT2D eigenvalue weighted by atomic mass is 79.9. The molecule has 0 bridgehead atoms. The van der Waals surface area contributed by atoms with Gasteiger partial charge in [-0.2, -0.15) is 0 Å². The molecule has 2 nitrogen and oxygen atoms in total. The molecule has 0 saturated carbocycles. The Morgan fingerprint density at radius 2 is 2.15 bits per heavy atom. The zero-order valence-corrected chi connectivity index (χ0v) is 9.24. The summed E-state index contributed by atoms with van der Waals surface area (Å²) < 4.78 is 0.966. The molecule has 1 aromatic carbocycles. The van der Waals surface area contributed by atoms with Gasteiger partial charge < -0.3 is 5.32 Å². The predicted octanol–water partition coefficient (Wildman–Crippen LogP) is 2.87. The first kappa shape index (κ1) is 10.5. The van der Waals surface area contributed by atoms with E-state index >= 15 is 0 Å². The third-order valence-corrected chi connectivity index (χ3v) is 2.63. The van der Waals surface area contributed by atoms with Gasteiger partial charge in [-0.25, -0.2) is 0 Å². The van der Waals surface area contributed by atoms with Gasteiger partial charge in [-0.3, -0.25) is 4.79 Å². The molecule has 13 heavy (non-hydrogen) atoms. The molecule has 1 aromatic rings.